The highest BCUT2D eigenvalue weighted by Gasteiger charge is 2.45. The van der Waals surface area contributed by atoms with Crippen LogP contribution in [0.5, 0.6) is 11.5 Å². The number of carbonyl (C=O) groups is 3. The molecule has 0 aliphatic heterocycles. The third kappa shape index (κ3) is 5.56. The molecule has 1 rings (SSSR count). The summed E-state index contributed by atoms with van der Waals surface area (Å²) in [5.74, 6) is -9.95. The minimum atomic E-state index is -5.64. The van der Waals surface area contributed by atoms with E-state index in [-0.39, 0.29) is 4.90 Å². The average molecular weight is 485 g/mol. The molecule has 0 aromatic heterocycles. The van der Waals surface area contributed by atoms with Crippen molar-refractivity contribution in [2.24, 2.45) is 5.73 Å². The second-order valence-corrected chi connectivity index (χ2v) is 5.68. The lowest BCUT2D eigenvalue weighted by molar-refractivity contribution is -0.191. The van der Waals surface area contributed by atoms with E-state index in [4.69, 9.17) is 34.3 Å². The van der Waals surface area contributed by atoms with Gasteiger partial charge >= 0.3 is 30.3 Å². The third-order valence-corrected chi connectivity index (χ3v) is 3.50. The summed E-state index contributed by atoms with van der Waals surface area (Å²) in [4.78, 5) is 34.3. The molecule has 0 aliphatic carbocycles. The van der Waals surface area contributed by atoms with Crippen molar-refractivity contribution in [1.29, 1.82) is 5.41 Å². The van der Waals surface area contributed by atoms with Gasteiger partial charge in [0.05, 0.1) is 10.7 Å². The van der Waals surface area contributed by atoms with Crippen molar-refractivity contribution in [2.45, 2.75) is 12.4 Å². The number of urea groups is 1. The molecule has 0 unspecified atom stereocenters. The number of alkyl halides is 6. The van der Waals surface area contributed by atoms with Crippen molar-refractivity contribution in [1.82, 2.24) is 5.32 Å². The molecule has 4 N–H and O–H groups in total. The van der Waals surface area contributed by atoms with Crippen molar-refractivity contribution in [2.75, 3.05) is 11.9 Å². The summed E-state index contributed by atoms with van der Waals surface area (Å²) >= 11 is 11.6. The normalized spacial score (nSPS) is 11.5. The van der Waals surface area contributed by atoms with E-state index in [2.05, 4.69) is 9.47 Å². The van der Waals surface area contributed by atoms with Crippen molar-refractivity contribution >= 4 is 52.8 Å². The molecule has 0 spiro atoms. The SMILES string of the molecule is CNC(=O)N(C(=N)N)c1c(Cl)cc(OC(=O)C(F)(F)F)c(OC(=O)C(F)(F)F)c1Cl. The molecule has 1 aromatic carbocycles. The fourth-order valence-corrected chi connectivity index (χ4v) is 2.34. The molecule has 166 valence electrons. The van der Waals surface area contributed by atoms with Crippen molar-refractivity contribution in [3.05, 3.63) is 16.1 Å². The molecular weight excluding hydrogens is 477 g/mol. The molecule has 0 heterocycles. The molecule has 0 aliphatic rings. The number of hydrogen-bond donors (Lipinski definition) is 3. The van der Waals surface area contributed by atoms with Gasteiger partial charge in [0, 0.05) is 13.1 Å². The van der Waals surface area contributed by atoms with Crippen LogP contribution in [0.3, 0.4) is 0 Å². The van der Waals surface area contributed by atoms with E-state index in [9.17, 15) is 40.7 Å². The molecule has 2 amide bonds. The zero-order chi connectivity index (χ0) is 23.6. The van der Waals surface area contributed by atoms with Gasteiger partial charge in [-0.05, 0) is 0 Å². The van der Waals surface area contributed by atoms with Crippen molar-refractivity contribution in [3.8, 4) is 11.5 Å². The Labute approximate surface area is 172 Å². The van der Waals surface area contributed by atoms with Gasteiger partial charge in [0.15, 0.2) is 11.5 Å². The topological polar surface area (TPSA) is 135 Å². The fourth-order valence-electron chi connectivity index (χ4n) is 1.70. The molecule has 30 heavy (non-hydrogen) atoms. The predicted octanol–water partition coefficient (Wildman–Crippen LogP) is 2.97. The van der Waals surface area contributed by atoms with Gasteiger partial charge in [0.1, 0.15) is 5.02 Å². The van der Waals surface area contributed by atoms with E-state index in [0.29, 0.717) is 6.07 Å². The Morgan fingerprint density at radius 2 is 1.53 bits per heavy atom. The second kappa shape index (κ2) is 8.83. The Morgan fingerprint density at radius 3 is 1.93 bits per heavy atom. The van der Waals surface area contributed by atoms with Gasteiger partial charge in [0.25, 0.3) is 0 Å². The van der Waals surface area contributed by atoms with Gasteiger partial charge < -0.3 is 20.5 Å². The monoisotopic (exact) mass is 484 g/mol. The quantitative estimate of drug-likeness (QED) is 0.198. The number of hydrogen-bond acceptors (Lipinski definition) is 6. The van der Waals surface area contributed by atoms with Crippen LogP contribution in [-0.4, -0.2) is 43.3 Å². The Hall–Kier alpha value is -2.94. The van der Waals surface area contributed by atoms with Gasteiger partial charge in [-0.1, -0.05) is 23.2 Å². The number of nitrogens with one attached hydrogen (secondary N) is 2. The Bertz CT molecular complexity index is 905. The number of anilines is 1. The van der Waals surface area contributed by atoms with E-state index in [0.717, 1.165) is 7.05 Å². The maximum absolute atomic E-state index is 12.5. The summed E-state index contributed by atoms with van der Waals surface area (Å²) in [5.41, 5.74) is 4.33. The molecule has 17 heteroatoms. The molecule has 0 bridgehead atoms. The summed E-state index contributed by atoms with van der Waals surface area (Å²) in [6, 6.07) is -0.913. The van der Waals surface area contributed by atoms with Crippen LogP contribution >= 0.6 is 23.2 Å². The van der Waals surface area contributed by atoms with Gasteiger partial charge in [-0.25, -0.2) is 19.3 Å². The van der Waals surface area contributed by atoms with Crippen LogP contribution in [0.4, 0.5) is 36.8 Å². The first kappa shape index (κ1) is 25.1. The van der Waals surface area contributed by atoms with Crippen LogP contribution < -0.4 is 25.4 Å². The molecule has 0 fully saturated rings. The molecule has 9 nitrogen and oxygen atoms in total. The molecular formula is C13H8Cl2F6N4O5. The molecule has 0 radical (unpaired) electrons. The summed E-state index contributed by atoms with van der Waals surface area (Å²) < 4.78 is 82.8. The summed E-state index contributed by atoms with van der Waals surface area (Å²) in [6.07, 6.45) is -11.2. The van der Waals surface area contributed by atoms with Crippen LogP contribution in [0.15, 0.2) is 6.07 Å². The minimum absolute atomic E-state index is 0.185. The van der Waals surface area contributed by atoms with E-state index in [1.807, 2.05) is 5.32 Å². The number of nitrogens with zero attached hydrogens (tertiary/aromatic N) is 1. The number of nitrogens with two attached hydrogens (primary N) is 1. The standard InChI is InChI=1S/C13H8Cl2F6N4O5/c1-24-11(28)25(10(22)23)6-3(14)2-4(29-8(26)12(16,17)18)7(5(6)15)30-9(27)13(19,20)21/h2H,1H3,(H3,22,23)(H,24,28). The number of benzene rings is 1. The summed E-state index contributed by atoms with van der Waals surface area (Å²) in [5, 5.41) is 7.34. The summed E-state index contributed by atoms with van der Waals surface area (Å²) in [6.45, 7) is 0. The molecule has 0 saturated heterocycles. The second-order valence-electron chi connectivity index (χ2n) is 4.90. The average Bonchev–Trinajstić information content (AvgIpc) is 2.58. The third-order valence-electron chi connectivity index (χ3n) is 2.86. The number of esters is 2. The number of guanidine groups is 1. The zero-order valence-electron chi connectivity index (χ0n) is 14.2. The van der Waals surface area contributed by atoms with E-state index < -0.39 is 63.5 Å². The van der Waals surface area contributed by atoms with Crippen LogP contribution in [-0.2, 0) is 9.59 Å². The van der Waals surface area contributed by atoms with Crippen LogP contribution in [0.2, 0.25) is 10.0 Å². The number of amides is 2. The number of halogens is 8. The lowest BCUT2D eigenvalue weighted by atomic mass is 10.2. The Balaban J connectivity index is 3.76. The van der Waals surface area contributed by atoms with Crippen molar-refractivity contribution in [3.63, 3.8) is 0 Å². The highest BCUT2D eigenvalue weighted by molar-refractivity contribution is 6.42. The predicted molar refractivity (Wildman–Crippen MR) is 88.7 cm³/mol. The van der Waals surface area contributed by atoms with E-state index >= 15 is 0 Å². The van der Waals surface area contributed by atoms with Crippen molar-refractivity contribution < 1.29 is 50.2 Å². The number of rotatable bonds is 3. The van der Waals surface area contributed by atoms with Gasteiger partial charge in [0.2, 0.25) is 5.96 Å². The van der Waals surface area contributed by atoms with E-state index in [1.54, 1.807) is 0 Å². The maximum Gasteiger partial charge on any atom is 0.491 e. The molecule has 0 atom stereocenters. The zero-order valence-corrected chi connectivity index (χ0v) is 15.7. The molecule has 1 aromatic rings. The highest BCUT2D eigenvalue weighted by atomic mass is 35.5. The first-order chi connectivity index (χ1) is 13.5. The lowest BCUT2D eigenvalue weighted by Crippen LogP contribution is -2.46. The minimum Gasteiger partial charge on any atom is -0.416 e. The smallest absolute Gasteiger partial charge is 0.416 e. The first-order valence-electron chi connectivity index (χ1n) is 6.98. The van der Waals surface area contributed by atoms with Gasteiger partial charge in [-0.15, -0.1) is 0 Å². The van der Waals surface area contributed by atoms with Gasteiger partial charge in [-0.3, -0.25) is 5.41 Å². The molecule has 0 saturated carbocycles. The highest BCUT2D eigenvalue weighted by Crippen LogP contribution is 2.47. The fraction of sp³-hybridized carbons (Fsp3) is 0.231. The lowest BCUT2D eigenvalue weighted by Gasteiger charge is -2.24. The van der Waals surface area contributed by atoms with Crippen LogP contribution in [0.1, 0.15) is 0 Å². The van der Waals surface area contributed by atoms with Crippen LogP contribution in [0.25, 0.3) is 0 Å². The largest absolute Gasteiger partial charge is 0.491 e. The number of carbonyl (C=O) groups excluding carboxylic acids is 3. The number of ether oxygens (including phenoxy) is 2. The van der Waals surface area contributed by atoms with Crippen LogP contribution in [0, 0.1) is 5.41 Å². The van der Waals surface area contributed by atoms with E-state index in [1.165, 1.54) is 0 Å². The Kier molecular flexibility index (Phi) is 7.38. The maximum atomic E-state index is 12.5. The Morgan fingerprint density at radius 1 is 1.07 bits per heavy atom. The first-order valence-corrected chi connectivity index (χ1v) is 7.73. The summed E-state index contributed by atoms with van der Waals surface area (Å²) in [7, 11) is 1.05. The van der Waals surface area contributed by atoms with Gasteiger partial charge in [-0.2, -0.15) is 26.3 Å².